The molecule has 5 heteroatoms. The van der Waals surface area contributed by atoms with E-state index in [1.165, 1.54) is 16.8 Å². The van der Waals surface area contributed by atoms with Crippen molar-refractivity contribution in [2.45, 2.75) is 13.8 Å². The van der Waals surface area contributed by atoms with Gasteiger partial charge in [0.1, 0.15) is 0 Å². The Kier molecular flexibility index (Phi) is 3.97. The van der Waals surface area contributed by atoms with E-state index in [0.717, 1.165) is 32.0 Å². The third-order valence-electron chi connectivity index (χ3n) is 3.79. The molecule has 0 bridgehead atoms. The van der Waals surface area contributed by atoms with Crippen molar-refractivity contribution in [2.75, 3.05) is 36.0 Å². The van der Waals surface area contributed by atoms with Crippen LogP contribution in [0.2, 0.25) is 5.15 Å². The van der Waals surface area contributed by atoms with Crippen molar-refractivity contribution in [2.24, 2.45) is 0 Å². The van der Waals surface area contributed by atoms with Gasteiger partial charge in [0.15, 0.2) is 11.0 Å². The lowest BCUT2D eigenvalue weighted by molar-refractivity contribution is 0.643. The number of rotatable bonds is 2. The van der Waals surface area contributed by atoms with E-state index in [9.17, 15) is 0 Å². The maximum absolute atomic E-state index is 5.78. The number of nitrogens with zero attached hydrogens (tertiary/aromatic N) is 4. The first kappa shape index (κ1) is 14.1. The summed E-state index contributed by atoms with van der Waals surface area (Å²) in [5, 5.41) is 8.51. The summed E-state index contributed by atoms with van der Waals surface area (Å²) in [6, 6.07) is 10.4. The molecular formula is C16H19ClN4. The van der Waals surface area contributed by atoms with Crippen LogP contribution in [0.15, 0.2) is 30.3 Å². The lowest BCUT2D eigenvalue weighted by Gasteiger charge is -2.36. The normalized spacial score (nSPS) is 15.4. The molecule has 1 saturated heterocycles. The van der Waals surface area contributed by atoms with Gasteiger partial charge in [-0.3, -0.25) is 0 Å². The Morgan fingerprint density at radius 2 is 1.48 bits per heavy atom. The monoisotopic (exact) mass is 302 g/mol. The zero-order chi connectivity index (χ0) is 14.8. The molecule has 1 aliphatic rings. The Morgan fingerprint density at radius 1 is 0.857 bits per heavy atom. The van der Waals surface area contributed by atoms with Crippen molar-refractivity contribution >= 4 is 23.1 Å². The van der Waals surface area contributed by atoms with Crippen LogP contribution >= 0.6 is 11.6 Å². The van der Waals surface area contributed by atoms with Crippen molar-refractivity contribution < 1.29 is 0 Å². The highest BCUT2D eigenvalue weighted by molar-refractivity contribution is 6.29. The number of hydrogen-bond donors (Lipinski definition) is 0. The number of piperazine rings is 1. The first-order valence-corrected chi connectivity index (χ1v) is 7.57. The van der Waals surface area contributed by atoms with Crippen molar-refractivity contribution in [1.29, 1.82) is 0 Å². The second-order valence-corrected chi connectivity index (χ2v) is 5.92. The van der Waals surface area contributed by atoms with E-state index >= 15 is 0 Å². The fraction of sp³-hybridized carbons (Fsp3) is 0.375. The predicted octanol–water partition coefficient (Wildman–Crippen LogP) is 3.07. The number of anilines is 2. The van der Waals surface area contributed by atoms with Crippen LogP contribution in [0.4, 0.5) is 11.5 Å². The molecule has 0 atom stereocenters. The smallest absolute Gasteiger partial charge is 0.151 e. The Hall–Kier alpha value is -1.81. The standard InChI is InChI=1S/C16H19ClN4/c1-12-9-13(2)11-14(10-12)20-5-7-21(8-6-20)16-4-3-15(17)18-19-16/h3-4,9-11H,5-8H2,1-2H3. The van der Waals surface area contributed by atoms with E-state index < -0.39 is 0 Å². The van der Waals surface area contributed by atoms with Gasteiger partial charge in [0.25, 0.3) is 0 Å². The van der Waals surface area contributed by atoms with E-state index in [1.807, 2.05) is 6.07 Å². The molecule has 1 aliphatic heterocycles. The van der Waals surface area contributed by atoms with Crippen LogP contribution in [0, 0.1) is 13.8 Å². The SMILES string of the molecule is Cc1cc(C)cc(N2CCN(c3ccc(Cl)nn3)CC2)c1. The molecule has 0 radical (unpaired) electrons. The van der Waals surface area contributed by atoms with Crippen LogP contribution in [0.5, 0.6) is 0 Å². The minimum atomic E-state index is 0.438. The minimum Gasteiger partial charge on any atom is -0.368 e. The van der Waals surface area contributed by atoms with Gasteiger partial charge in [0, 0.05) is 31.9 Å². The molecule has 0 spiro atoms. The first-order valence-electron chi connectivity index (χ1n) is 7.19. The van der Waals surface area contributed by atoms with Crippen LogP contribution in [0.3, 0.4) is 0 Å². The van der Waals surface area contributed by atoms with Crippen LogP contribution in [0.25, 0.3) is 0 Å². The molecule has 0 saturated carbocycles. The molecule has 110 valence electrons. The summed E-state index contributed by atoms with van der Waals surface area (Å²) in [5.41, 5.74) is 3.95. The zero-order valence-electron chi connectivity index (χ0n) is 12.4. The average molecular weight is 303 g/mol. The lowest BCUT2D eigenvalue weighted by Crippen LogP contribution is -2.46. The summed E-state index contributed by atoms with van der Waals surface area (Å²) in [4.78, 5) is 4.68. The quantitative estimate of drug-likeness (QED) is 0.853. The molecule has 21 heavy (non-hydrogen) atoms. The summed E-state index contributed by atoms with van der Waals surface area (Å²) in [6.45, 7) is 8.18. The molecule has 0 amide bonds. The Bertz CT molecular complexity index is 598. The molecule has 1 aromatic heterocycles. The predicted molar refractivity (Wildman–Crippen MR) is 87.4 cm³/mol. The Labute approximate surface area is 130 Å². The molecule has 1 aromatic carbocycles. The first-order chi connectivity index (χ1) is 10.1. The zero-order valence-corrected chi connectivity index (χ0v) is 13.1. The van der Waals surface area contributed by atoms with Crippen molar-refractivity contribution in [3.63, 3.8) is 0 Å². The van der Waals surface area contributed by atoms with Gasteiger partial charge in [-0.1, -0.05) is 17.7 Å². The maximum Gasteiger partial charge on any atom is 0.151 e. The highest BCUT2D eigenvalue weighted by Crippen LogP contribution is 2.22. The largest absolute Gasteiger partial charge is 0.368 e. The summed E-state index contributed by atoms with van der Waals surface area (Å²) < 4.78 is 0. The number of aryl methyl sites for hydroxylation is 2. The summed E-state index contributed by atoms with van der Waals surface area (Å²) in [6.07, 6.45) is 0. The summed E-state index contributed by atoms with van der Waals surface area (Å²) in [5.74, 6) is 0.902. The van der Waals surface area contributed by atoms with Crippen LogP contribution in [-0.2, 0) is 0 Å². The number of benzene rings is 1. The van der Waals surface area contributed by atoms with E-state index in [2.05, 4.69) is 52.0 Å². The fourth-order valence-corrected chi connectivity index (χ4v) is 2.91. The van der Waals surface area contributed by atoms with Crippen molar-refractivity contribution in [3.05, 3.63) is 46.6 Å². The third-order valence-corrected chi connectivity index (χ3v) is 3.99. The van der Waals surface area contributed by atoms with Gasteiger partial charge in [-0.15, -0.1) is 10.2 Å². The Balaban J connectivity index is 1.68. The molecule has 1 fully saturated rings. The molecule has 2 heterocycles. The topological polar surface area (TPSA) is 32.3 Å². The van der Waals surface area contributed by atoms with Gasteiger partial charge in [-0.2, -0.15) is 0 Å². The average Bonchev–Trinajstić information content (AvgIpc) is 2.47. The van der Waals surface area contributed by atoms with E-state index in [4.69, 9.17) is 11.6 Å². The van der Waals surface area contributed by atoms with Gasteiger partial charge in [0.2, 0.25) is 0 Å². The van der Waals surface area contributed by atoms with Gasteiger partial charge in [-0.25, -0.2) is 0 Å². The van der Waals surface area contributed by atoms with Crippen molar-refractivity contribution in [3.8, 4) is 0 Å². The number of aromatic nitrogens is 2. The van der Waals surface area contributed by atoms with Gasteiger partial charge in [0.05, 0.1) is 0 Å². The van der Waals surface area contributed by atoms with Crippen LogP contribution in [-0.4, -0.2) is 36.4 Å². The molecule has 0 aliphatic carbocycles. The van der Waals surface area contributed by atoms with Crippen LogP contribution < -0.4 is 9.80 Å². The summed E-state index contributed by atoms with van der Waals surface area (Å²) >= 11 is 5.78. The van der Waals surface area contributed by atoms with Crippen LogP contribution in [0.1, 0.15) is 11.1 Å². The van der Waals surface area contributed by atoms with Gasteiger partial charge >= 0.3 is 0 Å². The minimum absolute atomic E-state index is 0.438. The maximum atomic E-state index is 5.78. The second-order valence-electron chi connectivity index (χ2n) is 5.53. The van der Waals surface area contributed by atoms with Gasteiger partial charge in [-0.05, 0) is 49.2 Å². The number of hydrogen-bond acceptors (Lipinski definition) is 4. The second kappa shape index (κ2) is 5.90. The fourth-order valence-electron chi connectivity index (χ4n) is 2.80. The molecule has 2 aromatic rings. The molecule has 0 unspecified atom stereocenters. The van der Waals surface area contributed by atoms with E-state index in [1.54, 1.807) is 6.07 Å². The summed E-state index contributed by atoms with van der Waals surface area (Å²) in [7, 11) is 0. The Morgan fingerprint density at radius 3 is 2.05 bits per heavy atom. The van der Waals surface area contributed by atoms with Gasteiger partial charge < -0.3 is 9.80 Å². The molecular weight excluding hydrogens is 284 g/mol. The molecule has 0 N–H and O–H groups in total. The lowest BCUT2D eigenvalue weighted by atomic mass is 10.1. The number of halogens is 1. The van der Waals surface area contributed by atoms with Crippen molar-refractivity contribution in [1.82, 2.24) is 10.2 Å². The third kappa shape index (κ3) is 3.27. The van der Waals surface area contributed by atoms with E-state index in [-0.39, 0.29) is 0 Å². The highest BCUT2D eigenvalue weighted by Gasteiger charge is 2.18. The van der Waals surface area contributed by atoms with E-state index in [0.29, 0.717) is 5.15 Å². The molecule has 3 rings (SSSR count). The molecule has 4 nitrogen and oxygen atoms in total. The highest BCUT2D eigenvalue weighted by atomic mass is 35.5.